The van der Waals surface area contributed by atoms with E-state index in [1.807, 2.05) is 0 Å². The third-order valence-electron chi connectivity index (χ3n) is 11.8. The molecular formula is C29H53NO4S. The first-order valence-electron chi connectivity index (χ1n) is 14.5. The van der Waals surface area contributed by atoms with Gasteiger partial charge in [-0.1, -0.05) is 34.1 Å². The first kappa shape index (κ1) is 27.9. The van der Waals surface area contributed by atoms with Crippen LogP contribution in [0.15, 0.2) is 0 Å². The van der Waals surface area contributed by atoms with Gasteiger partial charge in [-0.05, 0) is 124 Å². The Bertz CT molecular complexity index is 868. The van der Waals surface area contributed by atoms with Gasteiger partial charge in [0.25, 0.3) is 0 Å². The number of sulfonamides is 1. The molecule has 204 valence electrons. The fraction of sp³-hybridized carbons (Fsp3) is 1.00. The van der Waals surface area contributed by atoms with E-state index in [4.69, 9.17) is 0 Å². The van der Waals surface area contributed by atoms with Gasteiger partial charge in [0.05, 0.1) is 17.0 Å². The molecule has 6 heteroatoms. The van der Waals surface area contributed by atoms with Gasteiger partial charge >= 0.3 is 0 Å². The Balaban J connectivity index is 1.51. The zero-order valence-electron chi connectivity index (χ0n) is 23.4. The molecule has 0 aromatic carbocycles. The van der Waals surface area contributed by atoms with Crippen LogP contribution in [-0.4, -0.2) is 42.1 Å². The maximum absolute atomic E-state index is 12.5. The third kappa shape index (κ3) is 4.55. The van der Waals surface area contributed by atoms with Crippen LogP contribution in [0.25, 0.3) is 0 Å². The quantitative estimate of drug-likeness (QED) is 0.448. The summed E-state index contributed by atoms with van der Waals surface area (Å²) in [6.45, 7) is 15.3. The lowest BCUT2D eigenvalue weighted by Crippen LogP contribution is -2.62. The first-order chi connectivity index (χ1) is 16.2. The minimum absolute atomic E-state index is 0.202. The van der Waals surface area contributed by atoms with E-state index in [1.54, 1.807) is 20.8 Å². The molecule has 0 aromatic heterocycles. The maximum Gasteiger partial charge on any atom is 0.216 e. The minimum atomic E-state index is -3.31. The normalized spacial score (nSPS) is 47.0. The van der Waals surface area contributed by atoms with Crippen LogP contribution in [-0.2, 0) is 10.0 Å². The summed E-state index contributed by atoms with van der Waals surface area (Å²) in [6, 6.07) is 0. The number of rotatable bonds is 6. The molecule has 3 N–H and O–H groups in total. The van der Waals surface area contributed by atoms with Crippen LogP contribution in [0.5, 0.6) is 0 Å². The van der Waals surface area contributed by atoms with Gasteiger partial charge < -0.3 is 10.2 Å². The molecule has 0 saturated heterocycles. The minimum Gasteiger partial charge on any atom is -0.393 e. The molecule has 35 heavy (non-hydrogen) atoms. The summed E-state index contributed by atoms with van der Waals surface area (Å²) in [5.74, 6) is 3.24. The van der Waals surface area contributed by atoms with Gasteiger partial charge in [-0.3, -0.25) is 0 Å². The summed E-state index contributed by atoms with van der Waals surface area (Å²) in [4.78, 5) is 0. The fourth-order valence-electron chi connectivity index (χ4n) is 9.77. The fourth-order valence-corrected chi connectivity index (χ4v) is 10.6. The predicted octanol–water partition coefficient (Wildman–Crippen LogP) is 5.36. The second-order valence-corrected chi connectivity index (χ2v) is 16.9. The zero-order valence-corrected chi connectivity index (χ0v) is 24.2. The van der Waals surface area contributed by atoms with Crippen LogP contribution in [0.3, 0.4) is 0 Å². The average molecular weight is 512 g/mol. The Hall–Kier alpha value is -0.170. The van der Waals surface area contributed by atoms with Crippen LogP contribution in [0.4, 0.5) is 0 Å². The molecule has 0 bridgehead atoms. The molecule has 4 fully saturated rings. The summed E-state index contributed by atoms with van der Waals surface area (Å²) in [5, 5.41) is 22.3. The van der Waals surface area contributed by atoms with Gasteiger partial charge in [0, 0.05) is 6.54 Å². The Morgan fingerprint density at radius 1 is 0.971 bits per heavy atom. The molecule has 0 radical (unpaired) electrons. The van der Waals surface area contributed by atoms with Gasteiger partial charge in [0.1, 0.15) is 0 Å². The van der Waals surface area contributed by atoms with E-state index >= 15 is 0 Å². The summed E-state index contributed by atoms with van der Waals surface area (Å²) < 4.78 is 27.1. The SMILES string of the molecule is CC[C@@H]1C2C[C@H](O)CC[C@]2(C)[C@H]2CCC3(C)[C@@H]([C@H](C)CCNS(=O)(=O)C(C)(C)C)CC[C@H]3[C@@H]2[C@@H]1O. The molecule has 0 amide bonds. The van der Waals surface area contributed by atoms with E-state index < -0.39 is 14.8 Å². The van der Waals surface area contributed by atoms with Crippen molar-refractivity contribution in [1.82, 2.24) is 4.72 Å². The van der Waals surface area contributed by atoms with Crippen molar-refractivity contribution in [2.24, 2.45) is 52.3 Å². The average Bonchev–Trinajstić information content (AvgIpc) is 3.11. The smallest absolute Gasteiger partial charge is 0.216 e. The molecule has 0 spiro atoms. The molecule has 4 aliphatic carbocycles. The molecule has 11 atom stereocenters. The van der Waals surface area contributed by atoms with Crippen LogP contribution < -0.4 is 4.72 Å². The number of nitrogens with one attached hydrogen (secondary N) is 1. The Morgan fingerprint density at radius 3 is 2.23 bits per heavy atom. The lowest BCUT2D eigenvalue weighted by Gasteiger charge is -2.64. The van der Waals surface area contributed by atoms with E-state index in [0.29, 0.717) is 48.0 Å². The Morgan fingerprint density at radius 2 is 1.60 bits per heavy atom. The van der Waals surface area contributed by atoms with Crippen molar-refractivity contribution in [3.8, 4) is 0 Å². The monoisotopic (exact) mass is 511 g/mol. The topological polar surface area (TPSA) is 86.6 Å². The van der Waals surface area contributed by atoms with Crippen molar-refractivity contribution in [2.75, 3.05) is 6.54 Å². The largest absolute Gasteiger partial charge is 0.393 e. The maximum atomic E-state index is 12.5. The summed E-state index contributed by atoms with van der Waals surface area (Å²) in [6.07, 6.45) is 9.07. The van der Waals surface area contributed by atoms with Crippen molar-refractivity contribution in [1.29, 1.82) is 0 Å². The number of hydrogen-bond acceptors (Lipinski definition) is 4. The van der Waals surface area contributed by atoms with Gasteiger partial charge in [0.15, 0.2) is 0 Å². The van der Waals surface area contributed by atoms with Crippen LogP contribution in [0.2, 0.25) is 0 Å². The Labute approximate surface area is 215 Å². The molecular weight excluding hydrogens is 458 g/mol. The van der Waals surface area contributed by atoms with Crippen molar-refractivity contribution < 1.29 is 18.6 Å². The molecule has 5 nitrogen and oxygen atoms in total. The third-order valence-corrected chi connectivity index (χ3v) is 14.0. The Kier molecular flexibility index (Phi) is 7.59. The molecule has 4 aliphatic rings. The van der Waals surface area contributed by atoms with Crippen LogP contribution in [0, 0.1) is 52.3 Å². The van der Waals surface area contributed by atoms with Crippen molar-refractivity contribution in [3.63, 3.8) is 0 Å². The first-order valence-corrected chi connectivity index (χ1v) is 16.0. The van der Waals surface area contributed by atoms with Crippen LogP contribution >= 0.6 is 0 Å². The van der Waals surface area contributed by atoms with Gasteiger partial charge in [-0.2, -0.15) is 0 Å². The zero-order chi connectivity index (χ0) is 26.0. The summed E-state index contributed by atoms with van der Waals surface area (Å²) in [7, 11) is -3.31. The molecule has 0 aliphatic heterocycles. The molecule has 4 rings (SSSR count). The highest BCUT2D eigenvalue weighted by molar-refractivity contribution is 7.90. The highest BCUT2D eigenvalue weighted by atomic mass is 32.2. The second kappa shape index (κ2) is 9.54. The number of fused-ring (bicyclic) bond motifs is 5. The highest BCUT2D eigenvalue weighted by Crippen LogP contribution is 2.69. The lowest BCUT2D eigenvalue weighted by molar-refractivity contribution is -0.203. The number of aliphatic hydroxyl groups is 2. The van der Waals surface area contributed by atoms with E-state index in [0.717, 1.165) is 32.1 Å². The summed E-state index contributed by atoms with van der Waals surface area (Å²) in [5.41, 5.74) is 0.459. The molecule has 0 heterocycles. The summed E-state index contributed by atoms with van der Waals surface area (Å²) >= 11 is 0. The van der Waals surface area contributed by atoms with E-state index in [1.165, 1.54) is 25.7 Å². The second-order valence-electron chi connectivity index (χ2n) is 14.4. The van der Waals surface area contributed by atoms with E-state index in [-0.39, 0.29) is 23.0 Å². The van der Waals surface area contributed by atoms with Gasteiger partial charge in [0.2, 0.25) is 10.0 Å². The molecule has 4 saturated carbocycles. The standard InChI is InChI=1S/C29H53NO4S/c1-8-20-24-17-19(31)11-14-29(24,7)23-12-15-28(6)21(9-10-22(28)25(23)26(20)32)18(2)13-16-30-35(33,34)27(3,4)5/h18-26,30-32H,8-17H2,1-7H3/t18-,19-,20-,21-,22+,23+,24?,25+,26-,28?,29-/m1/s1. The van der Waals surface area contributed by atoms with E-state index in [2.05, 4.69) is 32.4 Å². The highest BCUT2D eigenvalue weighted by Gasteiger charge is 2.64. The van der Waals surface area contributed by atoms with Crippen molar-refractivity contribution >= 4 is 10.0 Å². The van der Waals surface area contributed by atoms with Crippen molar-refractivity contribution in [2.45, 2.75) is 123 Å². The lowest BCUT2D eigenvalue weighted by atomic mass is 9.41. The van der Waals surface area contributed by atoms with Crippen LogP contribution in [0.1, 0.15) is 106 Å². The van der Waals surface area contributed by atoms with E-state index in [9.17, 15) is 18.6 Å². The molecule has 2 unspecified atom stereocenters. The molecule has 0 aromatic rings. The number of hydrogen-bond donors (Lipinski definition) is 3. The predicted molar refractivity (Wildman–Crippen MR) is 142 cm³/mol. The van der Waals surface area contributed by atoms with Gasteiger partial charge in [-0.15, -0.1) is 0 Å². The van der Waals surface area contributed by atoms with Gasteiger partial charge in [-0.25, -0.2) is 13.1 Å². The van der Waals surface area contributed by atoms with Crippen molar-refractivity contribution in [3.05, 3.63) is 0 Å². The number of aliphatic hydroxyl groups excluding tert-OH is 2.